The predicted molar refractivity (Wildman–Crippen MR) is 334 cm³/mol. The van der Waals surface area contributed by atoms with Crippen LogP contribution < -0.4 is 0 Å². The van der Waals surface area contributed by atoms with Crippen LogP contribution in [-0.4, -0.2) is 37.2 Å². The number of allylic oxidation sites excluding steroid dienone is 24. The molecule has 0 rings (SSSR count). The second-order valence-corrected chi connectivity index (χ2v) is 20.2. The van der Waals surface area contributed by atoms with Gasteiger partial charge in [0.15, 0.2) is 6.10 Å². The lowest BCUT2D eigenvalue weighted by Crippen LogP contribution is -2.30. The molecule has 6 heteroatoms. The summed E-state index contributed by atoms with van der Waals surface area (Å²) in [5.41, 5.74) is 0. The van der Waals surface area contributed by atoms with Gasteiger partial charge in [-0.2, -0.15) is 0 Å². The SMILES string of the molecule is CC/C=C\C/C=C\C/C=C\C/C=C\C/C=C\C/C=C\C/C=C\C/C=C\C/C=C\CCCCCC(=O)OCC(COC(=O)CCCCCCC/C=C\CCCCCCC)OC(=O)CCCCCCC/C=C\C/C=C\CCCC. The number of carbonyl (C=O) groups excluding carboxylic acids is 3. The number of carbonyl (C=O) groups is 3. The first-order valence-corrected chi connectivity index (χ1v) is 31.3. The van der Waals surface area contributed by atoms with Gasteiger partial charge in [-0.05, 0) is 141 Å². The van der Waals surface area contributed by atoms with Crippen LogP contribution in [0.3, 0.4) is 0 Å². The zero-order valence-corrected chi connectivity index (χ0v) is 49.7. The maximum atomic E-state index is 12.9. The van der Waals surface area contributed by atoms with E-state index < -0.39 is 6.10 Å². The maximum absolute atomic E-state index is 12.9. The molecular formula is C71H114O6. The summed E-state index contributed by atoms with van der Waals surface area (Å²) < 4.78 is 16.8. The second-order valence-electron chi connectivity index (χ2n) is 20.2. The average molecular weight is 1060 g/mol. The fourth-order valence-electron chi connectivity index (χ4n) is 8.09. The second kappa shape index (κ2) is 63.8. The standard InChI is InChI=1S/C71H114O6/c1-4-7-10-13-16-19-22-25-28-29-30-31-32-33-34-35-36-37-38-39-40-41-42-43-44-47-49-52-55-58-61-64-70(73)76-67-68(77-71(74)65-62-59-56-53-50-46-27-24-21-18-15-12-9-6-3)66-75-69(72)63-60-57-54-51-48-45-26-23-20-17-14-11-8-5-2/h7,10,15-16,18-19,23-28,30-31,33-34,36-37,39-40,42-43,47,49,68H,4-6,8-9,11-14,17,20-22,29,32,35,38,41,44-46,48,50-67H2,1-3H3/b10-7-,18-15-,19-16-,26-23-,27-24-,28-25-,31-30-,34-33-,37-36-,40-39-,43-42-,49-47-. The molecule has 0 radical (unpaired) electrons. The molecule has 0 spiro atoms. The van der Waals surface area contributed by atoms with Crippen molar-refractivity contribution in [1.82, 2.24) is 0 Å². The molecule has 77 heavy (non-hydrogen) atoms. The van der Waals surface area contributed by atoms with Gasteiger partial charge in [0.2, 0.25) is 0 Å². The van der Waals surface area contributed by atoms with Gasteiger partial charge in [-0.1, -0.05) is 250 Å². The fraction of sp³-hybridized carbons (Fsp3) is 0.620. The maximum Gasteiger partial charge on any atom is 0.306 e. The summed E-state index contributed by atoms with van der Waals surface area (Å²) in [7, 11) is 0. The molecular weight excluding hydrogens is 949 g/mol. The van der Waals surface area contributed by atoms with Gasteiger partial charge in [0.1, 0.15) is 13.2 Å². The number of hydrogen-bond acceptors (Lipinski definition) is 6. The van der Waals surface area contributed by atoms with Crippen LogP contribution >= 0.6 is 0 Å². The third-order valence-corrected chi connectivity index (χ3v) is 12.8. The summed E-state index contributed by atoms with van der Waals surface area (Å²) in [5.74, 6) is -0.962. The number of unbranched alkanes of at least 4 members (excludes halogenated alkanes) is 20. The van der Waals surface area contributed by atoms with Gasteiger partial charge in [-0.3, -0.25) is 14.4 Å². The first kappa shape index (κ1) is 72.3. The van der Waals surface area contributed by atoms with Crippen LogP contribution in [0.25, 0.3) is 0 Å². The minimum absolute atomic E-state index is 0.103. The normalized spacial score (nSPS) is 13.1. The highest BCUT2D eigenvalue weighted by atomic mass is 16.6. The molecule has 0 aliphatic carbocycles. The predicted octanol–water partition coefficient (Wildman–Crippen LogP) is 21.5. The fourth-order valence-corrected chi connectivity index (χ4v) is 8.09. The Morgan fingerprint density at radius 3 is 0.857 bits per heavy atom. The van der Waals surface area contributed by atoms with Gasteiger partial charge in [-0.15, -0.1) is 0 Å². The minimum Gasteiger partial charge on any atom is -0.462 e. The van der Waals surface area contributed by atoms with E-state index in [4.69, 9.17) is 14.2 Å². The van der Waals surface area contributed by atoms with Crippen molar-refractivity contribution in [3.8, 4) is 0 Å². The van der Waals surface area contributed by atoms with Crippen LogP contribution in [0, 0.1) is 0 Å². The van der Waals surface area contributed by atoms with Crippen molar-refractivity contribution in [2.24, 2.45) is 0 Å². The van der Waals surface area contributed by atoms with Gasteiger partial charge in [0, 0.05) is 19.3 Å². The molecule has 0 heterocycles. The quantitative estimate of drug-likeness (QED) is 0.0261. The van der Waals surface area contributed by atoms with Crippen molar-refractivity contribution in [2.45, 2.75) is 271 Å². The Morgan fingerprint density at radius 1 is 0.273 bits per heavy atom. The van der Waals surface area contributed by atoms with Crippen molar-refractivity contribution in [3.63, 3.8) is 0 Å². The van der Waals surface area contributed by atoms with Crippen LogP contribution in [0.15, 0.2) is 146 Å². The summed E-state index contributed by atoms with van der Waals surface area (Å²) in [6.07, 6.45) is 91.3. The highest BCUT2D eigenvalue weighted by Gasteiger charge is 2.19. The number of esters is 3. The summed E-state index contributed by atoms with van der Waals surface area (Å²) in [4.78, 5) is 38.2. The molecule has 0 fully saturated rings. The van der Waals surface area contributed by atoms with E-state index in [1.165, 1.54) is 64.2 Å². The van der Waals surface area contributed by atoms with Crippen LogP contribution in [0.2, 0.25) is 0 Å². The zero-order valence-electron chi connectivity index (χ0n) is 49.7. The van der Waals surface area contributed by atoms with Crippen LogP contribution in [0.4, 0.5) is 0 Å². The Hall–Kier alpha value is -4.71. The Balaban J connectivity index is 4.40. The van der Waals surface area contributed by atoms with Gasteiger partial charge < -0.3 is 14.2 Å². The molecule has 434 valence electrons. The number of hydrogen-bond donors (Lipinski definition) is 0. The molecule has 0 N–H and O–H groups in total. The van der Waals surface area contributed by atoms with E-state index in [-0.39, 0.29) is 31.1 Å². The van der Waals surface area contributed by atoms with E-state index in [1.54, 1.807) is 0 Å². The lowest BCUT2D eigenvalue weighted by molar-refractivity contribution is -0.167. The molecule has 0 aliphatic rings. The highest BCUT2D eigenvalue weighted by molar-refractivity contribution is 5.71. The molecule has 0 saturated heterocycles. The van der Waals surface area contributed by atoms with Gasteiger partial charge in [-0.25, -0.2) is 0 Å². The van der Waals surface area contributed by atoms with Crippen molar-refractivity contribution >= 4 is 17.9 Å². The number of ether oxygens (including phenoxy) is 3. The molecule has 0 saturated carbocycles. The summed E-state index contributed by atoms with van der Waals surface area (Å²) in [5, 5.41) is 0. The van der Waals surface area contributed by atoms with Crippen LogP contribution in [-0.2, 0) is 28.6 Å². The largest absolute Gasteiger partial charge is 0.462 e. The third kappa shape index (κ3) is 62.0. The Kier molecular flexibility index (Phi) is 59.9. The molecule has 0 amide bonds. The monoisotopic (exact) mass is 1060 g/mol. The van der Waals surface area contributed by atoms with E-state index in [9.17, 15) is 14.4 Å². The van der Waals surface area contributed by atoms with Gasteiger partial charge in [0.05, 0.1) is 0 Å². The zero-order chi connectivity index (χ0) is 55.7. The van der Waals surface area contributed by atoms with Gasteiger partial charge >= 0.3 is 17.9 Å². The van der Waals surface area contributed by atoms with Crippen molar-refractivity contribution < 1.29 is 28.6 Å². The summed E-state index contributed by atoms with van der Waals surface area (Å²) in [6, 6.07) is 0. The van der Waals surface area contributed by atoms with E-state index in [2.05, 4.69) is 167 Å². The highest BCUT2D eigenvalue weighted by Crippen LogP contribution is 2.13. The summed E-state index contributed by atoms with van der Waals surface area (Å²) >= 11 is 0. The topological polar surface area (TPSA) is 78.9 Å². The molecule has 0 aromatic rings. The van der Waals surface area contributed by atoms with Crippen molar-refractivity contribution in [1.29, 1.82) is 0 Å². The first-order valence-electron chi connectivity index (χ1n) is 31.3. The average Bonchev–Trinajstić information content (AvgIpc) is 3.43. The van der Waals surface area contributed by atoms with E-state index in [0.717, 1.165) is 161 Å². The molecule has 0 aromatic carbocycles. The Bertz CT molecular complexity index is 1700. The van der Waals surface area contributed by atoms with Crippen molar-refractivity contribution in [3.05, 3.63) is 146 Å². The van der Waals surface area contributed by atoms with Gasteiger partial charge in [0.25, 0.3) is 0 Å². The number of rotatable bonds is 55. The molecule has 1 atom stereocenters. The Morgan fingerprint density at radius 2 is 0.519 bits per heavy atom. The summed E-state index contributed by atoms with van der Waals surface area (Å²) in [6.45, 7) is 6.42. The first-order chi connectivity index (χ1) is 38.0. The third-order valence-electron chi connectivity index (χ3n) is 12.8. The Labute approximate surface area is 474 Å². The van der Waals surface area contributed by atoms with E-state index in [1.807, 2.05) is 0 Å². The van der Waals surface area contributed by atoms with Crippen molar-refractivity contribution in [2.75, 3.05) is 13.2 Å². The van der Waals surface area contributed by atoms with E-state index >= 15 is 0 Å². The molecule has 0 bridgehead atoms. The minimum atomic E-state index is -0.809. The van der Waals surface area contributed by atoms with E-state index in [0.29, 0.717) is 19.3 Å². The lowest BCUT2D eigenvalue weighted by atomic mass is 10.1. The molecule has 1 unspecified atom stereocenters. The molecule has 0 aliphatic heterocycles. The lowest BCUT2D eigenvalue weighted by Gasteiger charge is -2.18. The molecule has 6 nitrogen and oxygen atoms in total. The molecule has 0 aromatic heterocycles. The van der Waals surface area contributed by atoms with Crippen LogP contribution in [0.1, 0.15) is 265 Å². The smallest absolute Gasteiger partial charge is 0.306 e. The van der Waals surface area contributed by atoms with Crippen LogP contribution in [0.5, 0.6) is 0 Å².